The third kappa shape index (κ3) is 3.36. The van der Waals surface area contributed by atoms with Crippen LogP contribution < -0.4 is 11.0 Å². The number of hydrogen-bond donors (Lipinski definition) is 3. The molecule has 102 valence electrons. The van der Waals surface area contributed by atoms with E-state index in [2.05, 4.69) is 20.5 Å². The van der Waals surface area contributed by atoms with Crippen molar-refractivity contribution in [3.8, 4) is 0 Å². The second-order valence-corrected chi connectivity index (χ2v) is 4.11. The smallest absolute Gasteiger partial charge is 0.269 e. The molecule has 1 aromatic carbocycles. The highest BCUT2D eigenvalue weighted by molar-refractivity contribution is 7.71. The first-order chi connectivity index (χ1) is 9.56. The normalized spacial score (nSPS) is 10.6. The summed E-state index contributed by atoms with van der Waals surface area (Å²) >= 11 is 4.76. The predicted octanol–water partition coefficient (Wildman–Crippen LogP) is 1.79. The van der Waals surface area contributed by atoms with Gasteiger partial charge in [-0.05, 0) is 24.4 Å². The molecule has 0 aliphatic heterocycles. The molecule has 1 heterocycles. The number of benzene rings is 1. The molecule has 2 aromatic rings. The molecule has 0 aliphatic carbocycles. The van der Waals surface area contributed by atoms with Crippen molar-refractivity contribution in [3.05, 3.63) is 61.3 Å². The van der Waals surface area contributed by atoms with Gasteiger partial charge in [0.15, 0.2) is 4.77 Å². The van der Waals surface area contributed by atoms with Crippen LogP contribution >= 0.6 is 12.2 Å². The van der Waals surface area contributed by atoms with Crippen LogP contribution in [0.1, 0.15) is 5.56 Å². The van der Waals surface area contributed by atoms with Crippen molar-refractivity contribution in [1.82, 2.24) is 9.97 Å². The predicted molar refractivity (Wildman–Crippen MR) is 76.6 cm³/mol. The number of anilines is 1. The summed E-state index contributed by atoms with van der Waals surface area (Å²) in [5.41, 5.74) is 3.15. The lowest BCUT2D eigenvalue weighted by molar-refractivity contribution is -0.384. The van der Waals surface area contributed by atoms with Crippen LogP contribution in [0.25, 0.3) is 0 Å². The third-order valence-electron chi connectivity index (χ3n) is 2.32. The number of hydrogen-bond acceptors (Lipinski definition) is 6. The minimum Gasteiger partial charge on any atom is -0.338 e. The Labute approximate surface area is 117 Å². The number of aromatic amines is 2. The molecule has 9 heteroatoms. The molecular weight excluding hydrogens is 282 g/mol. The Kier molecular flexibility index (Phi) is 4.01. The number of nitro benzene ring substituents is 1. The maximum absolute atomic E-state index is 11.5. The number of hydrazone groups is 1. The van der Waals surface area contributed by atoms with Crippen LogP contribution in [0.4, 0.5) is 11.4 Å². The lowest BCUT2D eigenvalue weighted by atomic mass is 10.3. The van der Waals surface area contributed by atoms with Crippen molar-refractivity contribution in [1.29, 1.82) is 0 Å². The van der Waals surface area contributed by atoms with Crippen molar-refractivity contribution in [2.45, 2.75) is 0 Å². The highest BCUT2D eigenvalue weighted by Gasteiger charge is 2.02. The zero-order valence-corrected chi connectivity index (χ0v) is 10.8. The largest absolute Gasteiger partial charge is 0.338 e. The number of nitrogens with one attached hydrogen (secondary N) is 3. The molecule has 0 bridgehead atoms. The van der Waals surface area contributed by atoms with Gasteiger partial charge in [-0.1, -0.05) is 0 Å². The average molecular weight is 291 g/mol. The van der Waals surface area contributed by atoms with E-state index in [4.69, 9.17) is 12.2 Å². The summed E-state index contributed by atoms with van der Waals surface area (Å²) in [7, 11) is 0. The van der Waals surface area contributed by atoms with E-state index >= 15 is 0 Å². The number of rotatable bonds is 4. The molecule has 1 aromatic heterocycles. The van der Waals surface area contributed by atoms with E-state index in [0.29, 0.717) is 11.3 Å². The van der Waals surface area contributed by atoms with Gasteiger partial charge in [0.2, 0.25) is 0 Å². The highest BCUT2D eigenvalue weighted by Crippen LogP contribution is 2.15. The van der Waals surface area contributed by atoms with Crippen LogP contribution in [0.2, 0.25) is 0 Å². The van der Waals surface area contributed by atoms with Gasteiger partial charge in [0.25, 0.3) is 11.2 Å². The van der Waals surface area contributed by atoms with E-state index in [-0.39, 0.29) is 16.0 Å². The monoisotopic (exact) mass is 291 g/mol. The minimum absolute atomic E-state index is 0.00777. The lowest BCUT2D eigenvalue weighted by Crippen LogP contribution is -2.13. The molecule has 20 heavy (non-hydrogen) atoms. The first kappa shape index (κ1) is 13.6. The first-order valence-electron chi connectivity index (χ1n) is 5.42. The summed E-state index contributed by atoms with van der Waals surface area (Å²) in [5.74, 6) is 0. The van der Waals surface area contributed by atoms with Crippen LogP contribution in [0.3, 0.4) is 0 Å². The Balaban J connectivity index is 2.08. The van der Waals surface area contributed by atoms with Gasteiger partial charge in [0, 0.05) is 18.3 Å². The van der Waals surface area contributed by atoms with Crippen molar-refractivity contribution < 1.29 is 4.92 Å². The molecule has 8 nitrogen and oxygen atoms in total. The van der Waals surface area contributed by atoms with Crippen LogP contribution in [0, 0.1) is 14.9 Å². The summed E-state index contributed by atoms with van der Waals surface area (Å²) in [6, 6.07) is 5.73. The van der Waals surface area contributed by atoms with Crippen LogP contribution in [0.15, 0.2) is 40.4 Å². The maximum Gasteiger partial charge on any atom is 0.269 e. The average Bonchev–Trinajstić information content (AvgIpc) is 2.42. The zero-order chi connectivity index (χ0) is 14.5. The molecule has 0 spiro atoms. The fraction of sp³-hybridized carbons (Fsp3) is 0. The van der Waals surface area contributed by atoms with Crippen molar-refractivity contribution in [2.75, 3.05) is 5.43 Å². The first-order valence-corrected chi connectivity index (χ1v) is 5.82. The van der Waals surface area contributed by atoms with Gasteiger partial charge in [0.1, 0.15) is 0 Å². The molecule has 0 radical (unpaired) electrons. The molecular formula is C11H9N5O3S. The summed E-state index contributed by atoms with van der Waals surface area (Å²) in [6.07, 6.45) is 2.74. The van der Waals surface area contributed by atoms with Crippen LogP contribution in [-0.4, -0.2) is 21.1 Å². The lowest BCUT2D eigenvalue weighted by Gasteiger charge is -1.99. The van der Waals surface area contributed by atoms with Gasteiger partial charge in [0.05, 0.1) is 22.4 Å². The second-order valence-electron chi connectivity index (χ2n) is 3.70. The molecule has 2 rings (SSSR count). The van der Waals surface area contributed by atoms with Crippen LogP contribution in [0.5, 0.6) is 0 Å². The Morgan fingerprint density at radius 1 is 1.35 bits per heavy atom. The highest BCUT2D eigenvalue weighted by atomic mass is 32.1. The number of H-pyrrole nitrogens is 2. The van der Waals surface area contributed by atoms with Crippen molar-refractivity contribution in [2.24, 2.45) is 5.10 Å². The van der Waals surface area contributed by atoms with Gasteiger partial charge < -0.3 is 4.98 Å². The van der Waals surface area contributed by atoms with Gasteiger partial charge in [-0.15, -0.1) is 0 Å². The number of aromatic nitrogens is 2. The van der Waals surface area contributed by atoms with E-state index in [1.54, 1.807) is 0 Å². The number of non-ortho nitro benzene ring substituents is 1. The molecule has 0 atom stereocenters. The summed E-state index contributed by atoms with van der Waals surface area (Å²) in [6.45, 7) is 0. The van der Waals surface area contributed by atoms with E-state index in [1.807, 2.05) is 0 Å². The molecule has 0 unspecified atom stereocenters. The van der Waals surface area contributed by atoms with E-state index in [0.717, 1.165) is 0 Å². The third-order valence-corrected chi connectivity index (χ3v) is 2.54. The molecule has 0 saturated carbocycles. The number of nitrogens with zero attached hydrogens (tertiary/aromatic N) is 2. The molecule has 0 saturated heterocycles. The Morgan fingerprint density at radius 3 is 2.65 bits per heavy atom. The van der Waals surface area contributed by atoms with Gasteiger partial charge in [-0.2, -0.15) is 5.10 Å². The second kappa shape index (κ2) is 5.89. The minimum atomic E-state index is -0.487. The topological polar surface area (TPSA) is 116 Å². The van der Waals surface area contributed by atoms with Gasteiger partial charge >= 0.3 is 0 Å². The standard InChI is InChI=1S/C11H9N5O3S/c17-10-7(5-12-11(20)14-10)6-13-15-8-1-3-9(4-2-8)16(18)19/h1-6,15H,(H2,12,14,17,20)/b13-6-. The quantitative estimate of drug-likeness (QED) is 0.343. The molecule has 3 N–H and O–H groups in total. The van der Waals surface area contributed by atoms with E-state index < -0.39 is 4.92 Å². The maximum atomic E-state index is 11.5. The van der Waals surface area contributed by atoms with E-state index in [1.165, 1.54) is 36.7 Å². The summed E-state index contributed by atoms with van der Waals surface area (Å²) < 4.78 is 0.232. The SMILES string of the molecule is O=c1[nH]c(=S)[nH]cc1/C=N\Nc1ccc([N+](=O)[O-])cc1. The molecule has 0 amide bonds. The molecule has 0 aliphatic rings. The Morgan fingerprint density at radius 2 is 2.05 bits per heavy atom. The van der Waals surface area contributed by atoms with Gasteiger partial charge in [-0.3, -0.25) is 25.3 Å². The van der Waals surface area contributed by atoms with Crippen molar-refractivity contribution in [3.63, 3.8) is 0 Å². The van der Waals surface area contributed by atoms with Gasteiger partial charge in [-0.25, -0.2) is 0 Å². The summed E-state index contributed by atoms with van der Waals surface area (Å²) in [4.78, 5) is 26.6. The zero-order valence-electron chi connectivity index (χ0n) is 9.99. The fourth-order valence-electron chi connectivity index (χ4n) is 1.35. The Bertz CT molecular complexity index is 763. The molecule has 0 fully saturated rings. The Hall–Kier alpha value is -2.81. The van der Waals surface area contributed by atoms with Crippen LogP contribution in [-0.2, 0) is 0 Å². The fourth-order valence-corrected chi connectivity index (χ4v) is 1.50. The number of nitro groups is 1. The van der Waals surface area contributed by atoms with Crippen molar-refractivity contribution >= 4 is 29.8 Å². The van der Waals surface area contributed by atoms with E-state index in [9.17, 15) is 14.9 Å². The summed E-state index contributed by atoms with van der Waals surface area (Å²) in [5, 5.41) is 14.3.